The minimum Gasteiger partial charge on any atom is -0.497 e. The zero-order valence-corrected chi connectivity index (χ0v) is 16.2. The molecule has 25 heavy (non-hydrogen) atoms. The maximum atomic E-state index is 9.26. The van der Waals surface area contributed by atoms with Crippen LogP contribution in [0.1, 0.15) is 11.1 Å². The third-order valence-electron chi connectivity index (χ3n) is 3.36. The molecule has 0 aliphatic rings. The molecule has 2 aromatic rings. The molecular formula is C18H16IN3O3. The van der Waals surface area contributed by atoms with E-state index in [0.29, 0.717) is 35.0 Å². The Morgan fingerprint density at radius 3 is 2.44 bits per heavy atom. The number of benzene rings is 2. The predicted molar refractivity (Wildman–Crippen MR) is 103 cm³/mol. The normalized spacial score (nSPS) is 9.56. The van der Waals surface area contributed by atoms with Crippen molar-refractivity contribution >= 4 is 34.3 Å². The van der Waals surface area contributed by atoms with Gasteiger partial charge in [0.25, 0.3) is 0 Å². The van der Waals surface area contributed by atoms with Crippen LogP contribution >= 0.6 is 22.6 Å². The number of nitrogens with zero attached hydrogens (tertiary/aromatic N) is 3. The molecule has 0 atom stereocenters. The van der Waals surface area contributed by atoms with Crippen molar-refractivity contribution in [1.82, 2.24) is 0 Å². The van der Waals surface area contributed by atoms with Crippen molar-refractivity contribution in [3.63, 3.8) is 0 Å². The maximum Gasteiger partial charge on any atom is 0.147 e. The summed E-state index contributed by atoms with van der Waals surface area (Å²) in [6.45, 7) is 0.339. The second-order valence-electron chi connectivity index (χ2n) is 4.82. The number of rotatable bonds is 6. The van der Waals surface area contributed by atoms with Gasteiger partial charge in [0.15, 0.2) is 0 Å². The number of ether oxygens (including phenoxy) is 3. The highest BCUT2D eigenvalue weighted by Crippen LogP contribution is 2.33. The van der Waals surface area contributed by atoms with Crippen LogP contribution in [0.25, 0.3) is 0 Å². The molecule has 2 aromatic carbocycles. The van der Waals surface area contributed by atoms with Crippen LogP contribution in [0.5, 0.6) is 17.2 Å². The summed E-state index contributed by atoms with van der Waals surface area (Å²) in [5.74, 6) is 1.89. The van der Waals surface area contributed by atoms with E-state index >= 15 is 0 Å². The maximum absolute atomic E-state index is 9.26. The lowest BCUT2D eigenvalue weighted by Gasteiger charge is -2.07. The van der Waals surface area contributed by atoms with Crippen molar-refractivity contribution in [2.24, 2.45) is 9.98 Å². The van der Waals surface area contributed by atoms with Gasteiger partial charge in [-0.3, -0.25) is 0 Å². The Morgan fingerprint density at radius 2 is 1.80 bits per heavy atom. The van der Waals surface area contributed by atoms with E-state index in [0.717, 1.165) is 9.13 Å². The fourth-order valence-corrected chi connectivity index (χ4v) is 2.71. The second-order valence-corrected chi connectivity index (χ2v) is 6.07. The molecule has 0 amide bonds. The van der Waals surface area contributed by atoms with Crippen LogP contribution in [0.3, 0.4) is 0 Å². The molecule has 0 unspecified atom stereocenters. The molecule has 0 aliphatic carbocycles. The average molecular weight is 449 g/mol. The SMILES string of the molecule is COc1ccc(CN=C=Nc2c(C#N)cc(I)cc2OC)c(OC)c1. The fourth-order valence-electron chi connectivity index (χ4n) is 2.12. The van der Waals surface area contributed by atoms with Gasteiger partial charge in [-0.2, -0.15) is 10.3 Å². The third kappa shape index (κ3) is 4.72. The lowest BCUT2D eigenvalue weighted by atomic mass is 10.2. The van der Waals surface area contributed by atoms with Gasteiger partial charge >= 0.3 is 0 Å². The summed E-state index contributed by atoms with van der Waals surface area (Å²) in [5, 5.41) is 9.26. The van der Waals surface area contributed by atoms with E-state index in [4.69, 9.17) is 14.2 Å². The van der Waals surface area contributed by atoms with Crippen molar-refractivity contribution in [3.05, 3.63) is 45.0 Å². The van der Waals surface area contributed by atoms with Crippen molar-refractivity contribution < 1.29 is 14.2 Å². The van der Waals surface area contributed by atoms with Crippen LogP contribution in [-0.4, -0.2) is 27.3 Å². The number of hydrogen-bond donors (Lipinski definition) is 0. The van der Waals surface area contributed by atoms with E-state index in [-0.39, 0.29) is 0 Å². The number of aliphatic imine (C=N–C) groups is 2. The molecule has 0 saturated heterocycles. The minimum absolute atomic E-state index is 0.339. The van der Waals surface area contributed by atoms with Crippen LogP contribution in [0.4, 0.5) is 5.69 Å². The van der Waals surface area contributed by atoms with Gasteiger partial charge < -0.3 is 14.2 Å². The summed E-state index contributed by atoms with van der Waals surface area (Å²) in [6, 6.07) is 13.8. The molecule has 7 heteroatoms. The third-order valence-corrected chi connectivity index (χ3v) is 3.98. The van der Waals surface area contributed by atoms with Crippen LogP contribution in [0.2, 0.25) is 0 Å². The lowest BCUT2D eigenvalue weighted by Crippen LogP contribution is -1.92. The Morgan fingerprint density at radius 1 is 1.04 bits per heavy atom. The first kappa shape index (κ1) is 18.8. The number of nitriles is 1. The predicted octanol–water partition coefficient (Wildman–Crippen LogP) is 4.19. The molecule has 6 nitrogen and oxygen atoms in total. The zero-order chi connectivity index (χ0) is 18.2. The van der Waals surface area contributed by atoms with Gasteiger partial charge in [-0.25, -0.2) is 4.99 Å². The molecule has 0 fully saturated rings. The Kier molecular flexibility index (Phi) is 6.81. The van der Waals surface area contributed by atoms with Gasteiger partial charge in [0.05, 0.1) is 39.4 Å². The number of hydrogen-bond acceptors (Lipinski definition) is 6. The average Bonchev–Trinajstić information content (AvgIpc) is 2.65. The molecule has 0 saturated carbocycles. The smallest absolute Gasteiger partial charge is 0.147 e. The molecule has 0 heterocycles. The Bertz CT molecular complexity index is 869. The molecule has 0 aromatic heterocycles. The molecule has 0 aliphatic heterocycles. The van der Waals surface area contributed by atoms with E-state index in [9.17, 15) is 5.26 Å². The largest absolute Gasteiger partial charge is 0.497 e. The molecule has 0 radical (unpaired) electrons. The summed E-state index contributed by atoms with van der Waals surface area (Å²) < 4.78 is 16.7. The lowest BCUT2D eigenvalue weighted by molar-refractivity contribution is 0.391. The van der Waals surface area contributed by atoms with E-state index in [1.54, 1.807) is 32.4 Å². The molecule has 0 spiro atoms. The standard InChI is InChI=1S/C18H16IN3O3/c1-23-15-5-4-12(16(8-15)24-2)10-21-11-22-18-13(9-20)6-14(19)7-17(18)25-3/h4-8H,10H2,1-3H3. The quantitative estimate of drug-likeness (QED) is 0.490. The zero-order valence-electron chi connectivity index (χ0n) is 14.0. The number of methoxy groups -OCH3 is 3. The molecule has 2 rings (SSSR count). The van der Waals surface area contributed by atoms with Gasteiger partial charge in [-0.15, -0.1) is 0 Å². The fraction of sp³-hybridized carbons (Fsp3) is 0.222. The molecule has 0 N–H and O–H groups in total. The summed E-state index contributed by atoms with van der Waals surface area (Å²) >= 11 is 2.12. The van der Waals surface area contributed by atoms with Gasteiger partial charge in [0.2, 0.25) is 0 Å². The van der Waals surface area contributed by atoms with Crippen LogP contribution in [0.15, 0.2) is 40.3 Å². The van der Waals surface area contributed by atoms with Crippen LogP contribution < -0.4 is 14.2 Å². The van der Waals surface area contributed by atoms with E-state index < -0.39 is 0 Å². The van der Waals surface area contributed by atoms with Crippen LogP contribution in [-0.2, 0) is 6.54 Å². The van der Waals surface area contributed by atoms with Crippen molar-refractivity contribution in [2.75, 3.05) is 21.3 Å². The highest BCUT2D eigenvalue weighted by molar-refractivity contribution is 14.1. The molecule has 128 valence electrons. The topological polar surface area (TPSA) is 76.2 Å². The monoisotopic (exact) mass is 449 g/mol. The first-order valence-corrected chi connectivity index (χ1v) is 8.31. The Hall–Kier alpha value is -2.56. The van der Waals surface area contributed by atoms with Gasteiger partial charge in [-0.1, -0.05) is 0 Å². The molecular weight excluding hydrogens is 433 g/mol. The van der Waals surface area contributed by atoms with Crippen molar-refractivity contribution in [2.45, 2.75) is 6.54 Å². The van der Waals surface area contributed by atoms with Crippen LogP contribution in [0, 0.1) is 14.9 Å². The van der Waals surface area contributed by atoms with Gasteiger partial charge in [0.1, 0.15) is 29.0 Å². The Labute approximate surface area is 159 Å². The van der Waals surface area contributed by atoms with Gasteiger partial charge in [-0.05, 0) is 46.9 Å². The summed E-state index contributed by atoms with van der Waals surface area (Å²) in [4.78, 5) is 8.33. The highest BCUT2D eigenvalue weighted by Gasteiger charge is 2.10. The summed E-state index contributed by atoms with van der Waals surface area (Å²) in [5.41, 5.74) is 1.70. The summed E-state index contributed by atoms with van der Waals surface area (Å²) in [6.07, 6.45) is 0. The summed E-state index contributed by atoms with van der Waals surface area (Å²) in [7, 11) is 4.72. The molecule has 0 bridgehead atoms. The second kappa shape index (κ2) is 9.06. The Balaban J connectivity index is 2.28. The van der Waals surface area contributed by atoms with E-state index in [2.05, 4.69) is 44.7 Å². The first-order valence-electron chi connectivity index (χ1n) is 7.23. The van der Waals surface area contributed by atoms with E-state index in [1.165, 1.54) is 7.11 Å². The first-order chi connectivity index (χ1) is 12.1. The van der Waals surface area contributed by atoms with Crippen molar-refractivity contribution in [3.8, 4) is 23.3 Å². The van der Waals surface area contributed by atoms with E-state index in [1.807, 2.05) is 12.1 Å². The minimum atomic E-state index is 0.339. The highest BCUT2D eigenvalue weighted by atomic mass is 127. The van der Waals surface area contributed by atoms with Crippen molar-refractivity contribution in [1.29, 1.82) is 5.26 Å². The van der Waals surface area contributed by atoms with Gasteiger partial charge in [0, 0.05) is 15.2 Å². The number of halogens is 1.